The van der Waals surface area contributed by atoms with E-state index in [1.165, 1.54) is 0 Å². The average Bonchev–Trinajstić information content (AvgIpc) is 2.69. The summed E-state index contributed by atoms with van der Waals surface area (Å²) >= 11 is 3.38. The Kier molecular flexibility index (Phi) is 3.05. The van der Waals surface area contributed by atoms with Gasteiger partial charge >= 0.3 is 5.97 Å². The first-order chi connectivity index (χ1) is 7.68. The summed E-state index contributed by atoms with van der Waals surface area (Å²) in [7, 11) is 0. The van der Waals surface area contributed by atoms with Crippen molar-refractivity contribution < 1.29 is 9.90 Å². The third-order valence-electron chi connectivity index (χ3n) is 2.25. The lowest BCUT2D eigenvalue weighted by atomic mass is 10.2. The second-order valence-corrected chi connectivity index (χ2v) is 4.15. The van der Waals surface area contributed by atoms with Crippen molar-refractivity contribution in [2.24, 2.45) is 0 Å². The fourth-order valence-electron chi connectivity index (χ4n) is 1.46. The Balaban J connectivity index is 2.31. The highest BCUT2D eigenvalue weighted by atomic mass is 79.9. The molecule has 2 heterocycles. The predicted octanol–water partition coefficient (Wildman–Crippen LogP) is 2.39. The molecule has 0 bridgehead atoms. The lowest BCUT2D eigenvalue weighted by Crippen LogP contribution is -2.08. The van der Waals surface area contributed by atoms with E-state index in [2.05, 4.69) is 20.9 Å². The highest BCUT2D eigenvalue weighted by Gasteiger charge is 2.09. The Bertz CT molecular complexity index is 522. The Morgan fingerprint density at radius 3 is 3.00 bits per heavy atom. The predicted molar refractivity (Wildman–Crippen MR) is 62.4 cm³/mol. The minimum Gasteiger partial charge on any atom is -0.477 e. The maximum absolute atomic E-state index is 10.9. The van der Waals surface area contributed by atoms with Gasteiger partial charge in [-0.25, -0.2) is 4.79 Å². The molecule has 4 nitrogen and oxygen atoms in total. The molecule has 0 atom stereocenters. The van der Waals surface area contributed by atoms with Gasteiger partial charge < -0.3 is 9.67 Å². The number of halogens is 1. The van der Waals surface area contributed by atoms with Crippen molar-refractivity contribution in [3.05, 3.63) is 52.5 Å². The molecule has 0 unspecified atom stereocenters. The van der Waals surface area contributed by atoms with Gasteiger partial charge in [-0.3, -0.25) is 4.98 Å². The summed E-state index contributed by atoms with van der Waals surface area (Å²) in [4.78, 5) is 14.9. The Morgan fingerprint density at radius 2 is 2.31 bits per heavy atom. The zero-order chi connectivity index (χ0) is 11.5. The quantitative estimate of drug-likeness (QED) is 0.939. The number of pyridine rings is 1. The molecule has 0 saturated heterocycles. The van der Waals surface area contributed by atoms with Crippen molar-refractivity contribution >= 4 is 21.9 Å². The van der Waals surface area contributed by atoms with E-state index >= 15 is 0 Å². The van der Waals surface area contributed by atoms with Crippen LogP contribution in [0.4, 0.5) is 0 Å². The van der Waals surface area contributed by atoms with Gasteiger partial charge in [-0.15, -0.1) is 0 Å². The molecule has 82 valence electrons. The van der Waals surface area contributed by atoms with E-state index in [-0.39, 0.29) is 5.69 Å². The van der Waals surface area contributed by atoms with E-state index in [1.807, 2.05) is 6.07 Å². The van der Waals surface area contributed by atoms with Gasteiger partial charge in [0.1, 0.15) is 5.69 Å². The van der Waals surface area contributed by atoms with Crippen molar-refractivity contribution in [1.29, 1.82) is 0 Å². The normalized spacial score (nSPS) is 10.3. The molecule has 0 amide bonds. The van der Waals surface area contributed by atoms with Crippen LogP contribution in [0.25, 0.3) is 0 Å². The zero-order valence-corrected chi connectivity index (χ0v) is 9.89. The average molecular weight is 281 g/mol. The van der Waals surface area contributed by atoms with Gasteiger partial charge in [0.2, 0.25) is 0 Å². The van der Waals surface area contributed by atoms with Gasteiger partial charge in [-0.05, 0) is 39.7 Å². The number of hydrogen-bond acceptors (Lipinski definition) is 2. The van der Waals surface area contributed by atoms with Gasteiger partial charge in [-0.1, -0.05) is 0 Å². The molecule has 0 radical (unpaired) electrons. The van der Waals surface area contributed by atoms with Crippen LogP contribution in [0.3, 0.4) is 0 Å². The van der Waals surface area contributed by atoms with Gasteiger partial charge in [0.25, 0.3) is 0 Å². The van der Waals surface area contributed by atoms with Gasteiger partial charge in [0.15, 0.2) is 0 Å². The number of aromatic carboxylic acids is 1. The third kappa shape index (κ3) is 2.14. The first-order valence-electron chi connectivity index (χ1n) is 4.65. The number of carboxylic acid groups (broad SMARTS) is 1. The molecule has 16 heavy (non-hydrogen) atoms. The van der Waals surface area contributed by atoms with E-state index in [4.69, 9.17) is 5.11 Å². The summed E-state index contributed by atoms with van der Waals surface area (Å²) in [6.07, 6.45) is 5.12. The Labute approximate surface area is 101 Å². The van der Waals surface area contributed by atoms with Crippen molar-refractivity contribution in [2.75, 3.05) is 0 Å². The highest BCUT2D eigenvalue weighted by Crippen LogP contribution is 2.16. The van der Waals surface area contributed by atoms with Crippen LogP contribution < -0.4 is 0 Å². The molecule has 0 spiro atoms. The Hall–Kier alpha value is -1.62. The first kappa shape index (κ1) is 10.9. The summed E-state index contributed by atoms with van der Waals surface area (Å²) in [5.41, 5.74) is 1.28. The van der Waals surface area contributed by atoms with Crippen molar-refractivity contribution in [1.82, 2.24) is 9.55 Å². The van der Waals surface area contributed by atoms with Crippen LogP contribution in [-0.2, 0) is 6.54 Å². The van der Waals surface area contributed by atoms with E-state index in [0.717, 1.165) is 10.0 Å². The minimum absolute atomic E-state index is 0.281. The topological polar surface area (TPSA) is 55.1 Å². The molecule has 0 aliphatic heterocycles. The number of nitrogens with zero attached hydrogens (tertiary/aromatic N) is 2. The monoisotopic (exact) mass is 280 g/mol. The molecule has 0 aliphatic carbocycles. The van der Waals surface area contributed by atoms with E-state index < -0.39 is 5.97 Å². The van der Waals surface area contributed by atoms with Gasteiger partial charge in [0.05, 0.1) is 0 Å². The van der Waals surface area contributed by atoms with Crippen LogP contribution in [0.2, 0.25) is 0 Å². The van der Waals surface area contributed by atoms with Crippen molar-refractivity contribution in [3.8, 4) is 0 Å². The standard InChI is InChI=1S/C11H9BrN2O2/c12-9-6-13-4-3-8(9)7-14-5-1-2-10(14)11(15)16/h1-6H,7H2,(H,15,16). The van der Waals surface area contributed by atoms with Crippen LogP contribution in [0.5, 0.6) is 0 Å². The summed E-state index contributed by atoms with van der Waals surface area (Å²) in [5, 5.41) is 8.96. The number of rotatable bonds is 3. The van der Waals surface area contributed by atoms with E-state index in [9.17, 15) is 4.79 Å². The molecular formula is C11H9BrN2O2. The Morgan fingerprint density at radius 1 is 1.50 bits per heavy atom. The van der Waals surface area contributed by atoms with Crippen LogP contribution in [0.15, 0.2) is 41.3 Å². The SMILES string of the molecule is O=C(O)c1cccn1Cc1ccncc1Br. The summed E-state index contributed by atoms with van der Waals surface area (Å²) in [5.74, 6) is -0.921. The second kappa shape index (κ2) is 4.49. The van der Waals surface area contributed by atoms with Crippen LogP contribution in [-0.4, -0.2) is 20.6 Å². The molecule has 1 N–H and O–H groups in total. The van der Waals surface area contributed by atoms with Crippen molar-refractivity contribution in [3.63, 3.8) is 0 Å². The largest absolute Gasteiger partial charge is 0.477 e. The number of carbonyl (C=O) groups is 1. The molecular weight excluding hydrogens is 272 g/mol. The number of hydrogen-bond donors (Lipinski definition) is 1. The van der Waals surface area contributed by atoms with E-state index in [0.29, 0.717) is 6.54 Å². The smallest absolute Gasteiger partial charge is 0.352 e. The number of aromatic nitrogens is 2. The molecule has 2 aromatic rings. The van der Waals surface area contributed by atoms with Gasteiger partial charge in [0, 0.05) is 29.6 Å². The molecule has 5 heteroatoms. The zero-order valence-electron chi connectivity index (χ0n) is 8.30. The third-order valence-corrected chi connectivity index (χ3v) is 2.96. The van der Waals surface area contributed by atoms with E-state index in [1.54, 1.807) is 35.3 Å². The molecule has 0 saturated carbocycles. The van der Waals surface area contributed by atoms with Crippen LogP contribution in [0.1, 0.15) is 16.1 Å². The molecule has 2 aromatic heterocycles. The molecule has 0 aliphatic rings. The van der Waals surface area contributed by atoms with Crippen LogP contribution in [0, 0.1) is 0 Å². The second-order valence-electron chi connectivity index (χ2n) is 3.29. The minimum atomic E-state index is -0.921. The summed E-state index contributed by atoms with van der Waals surface area (Å²) < 4.78 is 2.56. The molecule has 2 rings (SSSR count). The van der Waals surface area contributed by atoms with Crippen molar-refractivity contribution in [2.45, 2.75) is 6.54 Å². The first-order valence-corrected chi connectivity index (χ1v) is 5.44. The summed E-state index contributed by atoms with van der Waals surface area (Å²) in [6.45, 7) is 0.512. The fraction of sp³-hybridized carbons (Fsp3) is 0.0909. The van der Waals surface area contributed by atoms with Gasteiger partial charge in [-0.2, -0.15) is 0 Å². The highest BCUT2D eigenvalue weighted by molar-refractivity contribution is 9.10. The number of carboxylic acids is 1. The van der Waals surface area contributed by atoms with Crippen LogP contribution >= 0.6 is 15.9 Å². The molecule has 0 fully saturated rings. The lowest BCUT2D eigenvalue weighted by Gasteiger charge is -2.07. The maximum atomic E-state index is 10.9. The maximum Gasteiger partial charge on any atom is 0.352 e. The lowest BCUT2D eigenvalue weighted by molar-refractivity contribution is 0.0685. The summed E-state index contributed by atoms with van der Waals surface area (Å²) in [6, 6.07) is 5.16. The fourth-order valence-corrected chi connectivity index (χ4v) is 1.84. The molecule has 0 aromatic carbocycles.